The van der Waals surface area contributed by atoms with Crippen molar-refractivity contribution in [2.24, 2.45) is 0 Å². The molecule has 0 radical (unpaired) electrons. The molecule has 0 aliphatic heterocycles. The van der Waals surface area contributed by atoms with Crippen molar-refractivity contribution in [3.05, 3.63) is 84.2 Å². The predicted octanol–water partition coefficient (Wildman–Crippen LogP) is 4.58. The SMILES string of the molecule is CSc1ccccc1N(CCCC(=O)Nc1ccc(Cc2ccncc2)cc1)S(C)(=O)=O. The number of nitrogens with zero attached hydrogens (tertiary/aromatic N) is 2. The number of pyridine rings is 1. The first-order valence-corrected chi connectivity index (χ1v) is 13.3. The van der Waals surface area contributed by atoms with Crippen molar-refractivity contribution in [2.45, 2.75) is 24.2 Å². The van der Waals surface area contributed by atoms with Crippen LogP contribution in [0.25, 0.3) is 0 Å². The number of hydrogen-bond donors (Lipinski definition) is 1. The van der Waals surface area contributed by atoms with Gasteiger partial charge in [0.15, 0.2) is 0 Å². The lowest BCUT2D eigenvalue weighted by molar-refractivity contribution is -0.116. The molecule has 0 aliphatic rings. The van der Waals surface area contributed by atoms with Gasteiger partial charge < -0.3 is 5.32 Å². The molecule has 0 saturated heterocycles. The van der Waals surface area contributed by atoms with E-state index in [-0.39, 0.29) is 18.9 Å². The van der Waals surface area contributed by atoms with Gasteiger partial charge in [-0.15, -0.1) is 11.8 Å². The van der Waals surface area contributed by atoms with Crippen LogP contribution in [0.5, 0.6) is 0 Å². The molecule has 0 fully saturated rings. The molecule has 32 heavy (non-hydrogen) atoms. The Bertz CT molecular complexity index is 1130. The summed E-state index contributed by atoms with van der Waals surface area (Å²) in [6.45, 7) is 0.245. The minimum absolute atomic E-state index is 0.140. The minimum atomic E-state index is -3.45. The van der Waals surface area contributed by atoms with Crippen LogP contribution in [0.15, 0.2) is 78.0 Å². The van der Waals surface area contributed by atoms with Gasteiger partial charge in [0.05, 0.1) is 11.9 Å². The quantitative estimate of drug-likeness (QED) is 0.440. The van der Waals surface area contributed by atoms with Gasteiger partial charge in [-0.25, -0.2) is 8.42 Å². The molecule has 0 unspecified atom stereocenters. The summed E-state index contributed by atoms with van der Waals surface area (Å²) in [4.78, 5) is 17.3. The standard InChI is InChI=1S/C24H27N3O3S2/c1-31-23-7-4-3-6-22(23)27(32(2,29)30)17-5-8-24(28)26-21-11-9-19(10-12-21)18-20-13-15-25-16-14-20/h3-4,6-7,9-16H,5,8,17-18H2,1-2H3,(H,26,28). The number of carbonyl (C=O) groups is 1. The van der Waals surface area contributed by atoms with E-state index in [1.807, 2.05) is 60.9 Å². The summed E-state index contributed by atoms with van der Waals surface area (Å²) in [6, 6.07) is 19.1. The molecule has 6 nitrogen and oxygen atoms in total. The summed E-state index contributed by atoms with van der Waals surface area (Å²) < 4.78 is 26.1. The van der Waals surface area contributed by atoms with Crippen LogP contribution in [0.1, 0.15) is 24.0 Å². The number of anilines is 2. The molecule has 0 saturated carbocycles. The van der Waals surface area contributed by atoms with Gasteiger partial charge in [0.2, 0.25) is 15.9 Å². The average Bonchev–Trinajstić information content (AvgIpc) is 2.78. The first-order valence-electron chi connectivity index (χ1n) is 10.3. The van der Waals surface area contributed by atoms with E-state index in [0.29, 0.717) is 12.1 Å². The van der Waals surface area contributed by atoms with Crippen LogP contribution in [0.2, 0.25) is 0 Å². The fourth-order valence-corrected chi connectivity index (χ4v) is 4.99. The van der Waals surface area contributed by atoms with E-state index in [0.717, 1.165) is 22.6 Å². The van der Waals surface area contributed by atoms with Crippen LogP contribution in [0.3, 0.4) is 0 Å². The van der Waals surface area contributed by atoms with Crippen molar-refractivity contribution in [3.8, 4) is 0 Å². The van der Waals surface area contributed by atoms with Crippen molar-refractivity contribution in [1.82, 2.24) is 4.98 Å². The van der Waals surface area contributed by atoms with Crippen LogP contribution in [0.4, 0.5) is 11.4 Å². The number of nitrogens with one attached hydrogen (secondary N) is 1. The lowest BCUT2D eigenvalue weighted by atomic mass is 10.1. The molecule has 0 bridgehead atoms. The zero-order chi connectivity index (χ0) is 23.0. The normalized spacial score (nSPS) is 11.2. The third kappa shape index (κ3) is 6.83. The highest BCUT2D eigenvalue weighted by molar-refractivity contribution is 7.99. The molecular formula is C24H27N3O3S2. The van der Waals surface area contributed by atoms with Crippen LogP contribution in [0, 0.1) is 0 Å². The molecule has 1 amide bonds. The molecule has 168 valence electrons. The lowest BCUT2D eigenvalue weighted by Crippen LogP contribution is -2.31. The van der Waals surface area contributed by atoms with Gasteiger partial charge in [-0.1, -0.05) is 24.3 Å². The van der Waals surface area contributed by atoms with Crippen molar-refractivity contribution < 1.29 is 13.2 Å². The Kier molecular flexibility index (Phi) is 8.30. The monoisotopic (exact) mass is 469 g/mol. The number of amides is 1. The van der Waals surface area contributed by atoms with Crippen molar-refractivity contribution >= 4 is 39.1 Å². The zero-order valence-electron chi connectivity index (χ0n) is 18.2. The molecule has 8 heteroatoms. The highest BCUT2D eigenvalue weighted by atomic mass is 32.2. The molecule has 0 aliphatic carbocycles. The summed E-state index contributed by atoms with van der Waals surface area (Å²) in [7, 11) is -3.45. The van der Waals surface area contributed by atoms with Crippen LogP contribution < -0.4 is 9.62 Å². The Morgan fingerprint density at radius 3 is 2.31 bits per heavy atom. The smallest absolute Gasteiger partial charge is 0.232 e. The third-order valence-electron chi connectivity index (χ3n) is 4.91. The fraction of sp³-hybridized carbons (Fsp3) is 0.250. The Morgan fingerprint density at radius 1 is 1.00 bits per heavy atom. The molecule has 2 aromatic carbocycles. The summed E-state index contributed by atoms with van der Waals surface area (Å²) >= 11 is 1.49. The number of benzene rings is 2. The second-order valence-corrected chi connectivity index (χ2v) is 10.1. The Labute approximate surface area is 194 Å². The summed E-state index contributed by atoms with van der Waals surface area (Å²) in [5.74, 6) is -0.140. The maximum Gasteiger partial charge on any atom is 0.232 e. The number of carbonyl (C=O) groups excluding carboxylic acids is 1. The van der Waals surface area contributed by atoms with Gasteiger partial charge in [-0.05, 0) is 66.6 Å². The van der Waals surface area contributed by atoms with E-state index in [4.69, 9.17) is 0 Å². The van der Waals surface area contributed by atoms with Gasteiger partial charge in [0, 0.05) is 35.9 Å². The predicted molar refractivity (Wildman–Crippen MR) is 132 cm³/mol. The van der Waals surface area contributed by atoms with Gasteiger partial charge in [0.25, 0.3) is 0 Å². The van der Waals surface area contributed by atoms with Crippen LogP contribution in [-0.2, 0) is 21.2 Å². The number of thioether (sulfide) groups is 1. The number of rotatable bonds is 10. The van der Waals surface area contributed by atoms with E-state index in [2.05, 4.69) is 10.3 Å². The second kappa shape index (κ2) is 11.2. The molecule has 3 aromatic rings. The van der Waals surface area contributed by atoms with Gasteiger partial charge in [0.1, 0.15) is 0 Å². The van der Waals surface area contributed by atoms with Crippen LogP contribution in [-0.4, -0.2) is 38.4 Å². The van der Waals surface area contributed by atoms with Gasteiger partial charge in [-0.2, -0.15) is 0 Å². The topological polar surface area (TPSA) is 79.4 Å². The van der Waals surface area contributed by atoms with Gasteiger partial charge in [-0.3, -0.25) is 14.1 Å². The maximum atomic E-state index is 12.4. The zero-order valence-corrected chi connectivity index (χ0v) is 19.8. The van der Waals surface area contributed by atoms with Crippen molar-refractivity contribution in [1.29, 1.82) is 0 Å². The molecule has 0 atom stereocenters. The molecule has 0 spiro atoms. The number of hydrogen-bond acceptors (Lipinski definition) is 5. The second-order valence-electron chi connectivity index (χ2n) is 7.39. The molecule has 1 heterocycles. The van der Waals surface area contributed by atoms with E-state index in [1.165, 1.54) is 27.9 Å². The summed E-state index contributed by atoms with van der Waals surface area (Å²) in [5.41, 5.74) is 3.69. The van der Waals surface area contributed by atoms with Gasteiger partial charge >= 0.3 is 0 Å². The molecule has 1 N–H and O–H groups in total. The first kappa shape index (κ1) is 23.8. The van der Waals surface area contributed by atoms with E-state index in [9.17, 15) is 13.2 Å². The van der Waals surface area contributed by atoms with E-state index in [1.54, 1.807) is 18.5 Å². The van der Waals surface area contributed by atoms with Crippen molar-refractivity contribution in [2.75, 3.05) is 28.7 Å². The Hall–Kier alpha value is -2.84. The average molecular weight is 470 g/mol. The number of aromatic nitrogens is 1. The van der Waals surface area contributed by atoms with Crippen LogP contribution >= 0.6 is 11.8 Å². The molecule has 3 rings (SSSR count). The highest BCUT2D eigenvalue weighted by Gasteiger charge is 2.20. The summed E-state index contributed by atoms with van der Waals surface area (Å²) in [5, 5.41) is 2.89. The molecular weight excluding hydrogens is 442 g/mol. The lowest BCUT2D eigenvalue weighted by Gasteiger charge is -2.24. The third-order valence-corrected chi connectivity index (χ3v) is 6.88. The Morgan fingerprint density at radius 2 is 1.66 bits per heavy atom. The van der Waals surface area contributed by atoms with E-state index >= 15 is 0 Å². The largest absolute Gasteiger partial charge is 0.326 e. The molecule has 1 aromatic heterocycles. The number of para-hydroxylation sites is 1. The van der Waals surface area contributed by atoms with Crippen molar-refractivity contribution in [3.63, 3.8) is 0 Å². The Balaban J connectivity index is 1.54. The highest BCUT2D eigenvalue weighted by Crippen LogP contribution is 2.30. The number of sulfonamides is 1. The maximum absolute atomic E-state index is 12.4. The first-order chi connectivity index (χ1) is 15.4. The minimum Gasteiger partial charge on any atom is -0.326 e. The van der Waals surface area contributed by atoms with E-state index < -0.39 is 10.0 Å². The summed E-state index contributed by atoms with van der Waals surface area (Å²) in [6.07, 6.45) is 8.10. The fourth-order valence-electron chi connectivity index (χ4n) is 3.35.